The Hall–Kier alpha value is -0.320. The monoisotopic (exact) mass is 263 g/mol. The van der Waals surface area contributed by atoms with Crippen molar-refractivity contribution >= 4 is 18.3 Å². The zero-order chi connectivity index (χ0) is 12.2. The maximum atomic E-state index is 11.8. The molecule has 1 unspecified atom stereocenters. The van der Waals surface area contributed by atoms with Gasteiger partial charge in [0, 0.05) is 18.1 Å². The molecule has 1 fully saturated rings. The number of nitrogens with one attached hydrogen (secondary N) is 1. The van der Waals surface area contributed by atoms with Crippen molar-refractivity contribution in [2.45, 2.75) is 51.6 Å². The van der Waals surface area contributed by atoms with Gasteiger partial charge in [-0.15, -0.1) is 12.4 Å². The zero-order valence-corrected chi connectivity index (χ0v) is 12.0. The van der Waals surface area contributed by atoms with Crippen LogP contribution in [0.3, 0.4) is 0 Å². The molecule has 0 spiro atoms. The topological polar surface area (TPSA) is 58.4 Å². The lowest BCUT2D eigenvalue weighted by atomic mass is 10.0. The van der Waals surface area contributed by atoms with Crippen LogP contribution in [0.25, 0.3) is 0 Å². The van der Waals surface area contributed by atoms with Crippen LogP contribution in [0.15, 0.2) is 0 Å². The van der Waals surface area contributed by atoms with Gasteiger partial charge < -0.3 is 11.1 Å². The molecule has 1 aliphatic heterocycles. The minimum absolute atomic E-state index is 0. The predicted molar refractivity (Wildman–Crippen MR) is 73.4 cm³/mol. The molecule has 1 amide bonds. The van der Waals surface area contributed by atoms with Gasteiger partial charge in [0.05, 0.1) is 6.54 Å². The first kappa shape index (κ1) is 16.7. The van der Waals surface area contributed by atoms with E-state index in [-0.39, 0.29) is 23.9 Å². The number of piperidine rings is 1. The smallest absolute Gasteiger partial charge is 0.234 e. The van der Waals surface area contributed by atoms with Crippen molar-refractivity contribution < 1.29 is 4.79 Å². The summed E-state index contributed by atoms with van der Waals surface area (Å²) in [6, 6.07) is 0.388. The van der Waals surface area contributed by atoms with Crippen LogP contribution in [0.1, 0.15) is 40.0 Å². The molecule has 0 aromatic heterocycles. The summed E-state index contributed by atoms with van der Waals surface area (Å²) in [5, 5.41) is 2.99. The normalized spacial score (nSPS) is 21.8. The van der Waals surface area contributed by atoms with Crippen molar-refractivity contribution in [1.29, 1.82) is 0 Å². The second-order valence-electron chi connectivity index (χ2n) is 5.65. The molecule has 0 aromatic carbocycles. The Morgan fingerprint density at radius 1 is 1.41 bits per heavy atom. The number of carbonyl (C=O) groups is 1. The molecule has 3 N–H and O–H groups in total. The summed E-state index contributed by atoms with van der Waals surface area (Å²) >= 11 is 0. The van der Waals surface area contributed by atoms with Crippen molar-refractivity contribution in [1.82, 2.24) is 10.2 Å². The van der Waals surface area contributed by atoms with Crippen LogP contribution in [0.2, 0.25) is 0 Å². The van der Waals surface area contributed by atoms with Gasteiger partial charge in [-0.2, -0.15) is 0 Å². The van der Waals surface area contributed by atoms with E-state index in [0.717, 1.165) is 13.0 Å². The van der Waals surface area contributed by atoms with Crippen LogP contribution in [0.5, 0.6) is 0 Å². The van der Waals surface area contributed by atoms with Crippen molar-refractivity contribution in [3.05, 3.63) is 0 Å². The number of hydrogen-bond donors (Lipinski definition) is 2. The Morgan fingerprint density at radius 3 is 2.59 bits per heavy atom. The SMILES string of the molecule is CC(C)(C)NC(=O)CN1CCCCC1CN.Cl. The van der Waals surface area contributed by atoms with Gasteiger partial charge in [-0.1, -0.05) is 6.42 Å². The van der Waals surface area contributed by atoms with Crippen LogP contribution in [0.4, 0.5) is 0 Å². The molecular weight excluding hydrogens is 238 g/mol. The zero-order valence-electron chi connectivity index (χ0n) is 11.2. The van der Waals surface area contributed by atoms with Crippen molar-refractivity contribution in [3.8, 4) is 0 Å². The van der Waals surface area contributed by atoms with Gasteiger partial charge in [-0.25, -0.2) is 0 Å². The van der Waals surface area contributed by atoms with Gasteiger partial charge >= 0.3 is 0 Å². The average Bonchev–Trinajstić information content (AvgIpc) is 2.15. The minimum atomic E-state index is -0.148. The molecule has 17 heavy (non-hydrogen) atoms. The Labute approximate surface area is 111 Å². The Morgan fingerprint density at radius 2 is 2.06 bits per heavy atom. The molecule has 4 nitrogen and oxygen atoms in total. The molecule has 5 heteroatoms. The van der Waals surface area contributed by atoms with Crippen LogP contribution in [-0.2, 0) is 4.79 Å². The first-order valence-electron chi connectivity index (χ1n) is 6.17. The fraction of sp³-hybridized carbons (Fsp3) is 0.917. The molecule has 1 rings (SSSR count). The Bertz CT molecular complexity index is 240. The van der Waals surface area contributed by atoms with Crippen LogP contribution < -0.4 is 11.1 Å². The molecule has 1 atom stereocenters. The summed E-state index contributed by atoms with van der Waals surface area (Å²) < 4.78 is 0. The molecule has 0 aliphatic carbocycles. The second kappa shape index (κ2) is 7.19. The van der Waals surface area contributed by atoms with Gasteiger partial charge in [-0.05, 0) is 40.2 Å². The molecule has 1 heterocycles. The van der Waals surface area contributed by atoms with Gasteiger partial charge in [0.1, 0.15) is 0 Å². The summed E-state index contributed by atoms with van der Waals surface area (Å²) in [6.07, 6.45) is 3.54. The number of nitrogens with zero attached hydrogens (tertiary/aromatic N) is 1. The highest BCUT2D eigenvalue weighted by molar-refractivity contribution is 5.85. The van der Waals surface area contributed by atoms with Crippen molar-refractivity contribution in [3.63, 3.8) is 0 Å². The maximum absolute atomic E-state index is 11.8. The third-order valence-electron chi connectivity index (χ3n) is 2.88. The van der Waals surface area contributed by atoms with E-state index in [1.807, 2.05) is 20.8 Å². The van der Waals surface area contributed by atoms with E-state index in [2.05, 4.69) is 10.2 Å². The number of carbonyl (C=O) groups excluding carboxylic acids is 1. The number of amides is 1. The van der Waals surface area contributed by atoms with Crippen molar-refractivity contribution in [2.75, 3.05) is 19.6 Å². The third kappa shape index (κ3) is 6.24. The molecule has 102 valence electrons. The number of hydrogen-bond acceptors (Lipinski definition) is 3. The predicted octanol–water partition coefficient (Wildman–Crippen LogP) is 1.14. The van der Waals surface area contributed by atoms with E-state index in [9.17, 15) is 4.79 Å². The van der Waals surface area contributed by atoms with E-state index in [0.29, 0.717) is 19.1 Å². The summed E-state index contributed by atoms with van der Waals surface area (Å²) in [5.74, 6) is 0.104. The minimum Gasteiger partial charge on any atom is -0.350 e. The van der Waals surface area contributed by atoms with Crippen molar-refractivity contribution in [2.24, 2.45) is 5.73 Å². The van der Waals surface area contributed by atoms with Gasteiger partial charge in [0.15, 0.2) is 0 Å². The first-order chi connectivity index (χ1) is 7.42. The van der Waals surface area contributed by atoms with E-state index >= 15 is 0 Å². The molecular formula is C12H26ClN3O. The Kier molecular flexibility index (Phi) is 7.05. The number of nitrogens with two attached hydrogens (primary N) is 1. The molecule has 0 aromatic rings. The number of rotatable bonds is 3. The number of halogens is 1. The Balaban J connectivity index is 0.00000256. The molecule has 0 bridgehead atoms. The quantitative estimate of drug-likeness (QED) is 0.803. The fourth-order valence-corrected chi connectivity index (χ4v) is 2.18. The third-order valence-corrected chi connectivity index (χ3v) is 2.88. The van der Waals surface area contributed by atoms with Gasteiger partial charge in [-0.3, -0.25) is 9.69 Å². The molecule has 1 saturated heterocycles. The lowest BCUT2D eigenvalue weighted by Crippen LogP contribution is -2.51. The largest absolute Gasteiger partial charge is 0.350 e. The van der Waals surface area contributed by atoms with Gasteiger partial charge in [0.25, 0.3) is 0 Å². The standard InChI is InChI=1S/C12H25N3O.ClH/c1-12(2,3)14-11(16)9-15-7-5-4-6-10(15)8-13;/h10H,4-9,13H2,1-3H3,(H,14,16);1H. The van der Waals surface area contributed by atoms with Crippen LogP contribution >= 0.6 is 12.4 Å². The van der Waals surface area contributed by atoms with E-state index < -0.39 is 0 Å². The molecule has 0 saturated carbocycles. The first-order valence-corrected chi connectivity index (χ1v) is 6.17. The summed E-state index contributed by atoms with van der Waals surface area (Å²) in [7, 11) is 0. The second-order valence-corrected chi connectivity index (χ2v) is 5.65. The molecule has 0 radical (unpaired) electrons. The van der Waals surface area contributed by atoms with Crippen LogP contribution in [-0.4, -0.2) is 42.0 Å². The van der Waals surface area contributed by atoms with Gasteiger partial charge in [0.2, 0.25) is 5.91 Å². The summed E-state index contributed by atoms with van der Waals surface area (Å²) in [4.78, 5) is 14.0. The average molecular weight is 264 g/mol. The molecule has 1 aliphatic rings. The lowest BCUT2D eigenvalue weighted by molar-refractivity contribution is -0.124. The highest BCUT2D eigenvalue weighted by Gasteiger charge is 2.24. The summed E-state index contributed by atoms with van der Waals surface area (Å²) in [6.45, 7) is 8.14. The fourth-order valence-electron chi connectivity index (χ4n) is 2.18. The van der Waals surface area contributed by atoms with E-state index in [1.54, 1.807) is 0 Å². The van der Waals surface area contributed by atoms with E-state index in [4.69, 9.17) is 5.73 Å². The highest BCUT2D eigenvalue weighted by Crippen LogP contribution is 2.15. The van der Waals surface area contributed by atoms with Crippen LogP contribution in [0, 0.1) is 0 Å². The lowest BCUT2D eigenvalue weighted by Gasteiger charge is -2.35. The number of likely N-dealkylation sites (tertiary alicyclic amines) is 1. The summed E-state index contributed by atoms with van der Waals surface area (Å²) in [5.41, 5.74) is 5.58. The maximum Gasteiger partial charge on any atom is 0.234 e. The van der Waals surface area contributed by atoms with E-state index in [1.165, 1.54) is 12.8 Å². The highest BCUT2D eigenvalue weighted by atomic mass is 35.5.